The Balaban J connectivity index is 1.97. The number of nitrogens with zero attached hydrogens (tertiary/aromatic N) is 2. The van der Waals surface area contributed by atoms with Crippen LogP contribution in [0.5, 0.6) is 0 Å². The van der Waals surface area contributed by atoms with Crippen molar-refractivity contribution in [3.8, 4) is 0 Å². The molecule has 0 aromatic carbocycles. The number of hydrogen-bond acceptors (Lipinski definition) is 8. The first kappa shape index (κ1) is 19.2. The molecule has 0 amide bonds. The van der Waals surface area contributed by atoms with E-state index in [0.717, 1.165) is 0 Å². The molecule has 1 aliphatic rings. The van der Waals surface area contributed by atoms with Crippen LogP contribution in [0.4, 0.5) is 5.82 Å². The van der Waals surface area contributed by atoms with Gasteiger partial charge in [0, 0.05) is 11.8 Å². The van der Waals surface area contributed by atoms with Gasteiger partial charge in [0.1, 0.15) is 12.0 Å². The van der Waals surface area contributed by atoms with E-state index in [2.05, 4.69) is 13.8 Å². The Morgan fingerprint density at radius 3 is 2.71 bits per heavy atom. The second-order valence-electron chi connectivity index (χ2n) is 5.13. The summed E-state index contributed by atoms with van der Waals surface area (Å²) in [5.74, 6) is 0.116. The first-order chi connectivity index (χ1) is 11.0. The molecule has 1 aliphatic heterocycles. The Hall–Kier alpha value is -1.10. The number of phosphoric acid groups is 2. The van der Waals surface area contributed by atoms with Gasteiger partial charge in [-0.3, -0.25) is 9.09 Å². The van der Waals surface area contributed by atoms with Crippen LogP contribution in [0.25, 0.3) is 0 Å². The Morgan fingerprint density at radius 2 is 2.08 bits per heavy atom. The summed E-state index contributed by atoms with van der Waals surface area (Å²) in [5, 5.41) is 0. The number of nitrogens with two attached hydrogens (primary N) is 1. The van der Waals surface area contributed by atoms with Crippen molar-refractivity contribution in [2.45, 2.75) is 32.1 Å². The molecule has 5 N–H and O–H groups in total. The molecule has 12 nitrogen and oxygen atoms in total. The van der Waals surface area contributed by atoms with Gasteiger partial charge < -0.3 is 25.2 Å². The fourth-order valence-corrected chi connectivity index (χ4v) is 3.75. The normalized spacial score (nSPS) is 24.0. The number of nitrogen functional groups attached to an aromatic ring is 1. The highest BCUT2D eigenvalue weighted by atomic mass is 31.3. The van der Waals surface area contributed by atoms with E-state index >= 15 is 0 Å². The molecule has 14 heteroatoms. The molecule has 0 saturated carbocycles. The predicted molar refractivity (Wildman–Crippen MR) is 79.7 cm³/mol. The van der Waals surface area contributed by atoms with Crippen molar-refractivity contribution in [1.82, 2.24) is 9.55 Å². The van der Waals surface area contributed by atoms with E-state index in [1.807, 2.05) is 0 Å². The summed E-state index contributed by atoms with van der Waals surface area (Å²) in [4.78, 5) is 41.7. The Kier molecular flexibility index (Phi) is 5.63. The summed E-state index contributed by atoms with van der Waals surface area (Å²) >= 11 is 0. The Bertz CT molecular complexity index is 760. The van der Waals surface area contributed by atoms with E-state index in [1.54, 1.807) is 6.92 Å². The summed E-state index contributed by atoms with van der Waals surface area (Å²) in [6.07, 6.45) is 0.968. The molecule has 3 atom stereocenters. The van der Waals surface area contributed by atoms with Crippen molar-refractivity contribution in [1.29, 1.82) is 0 Å². The third-order valence-electron chi connectivity index (χ3n) is 3.20. The first-order valence-electron chi connectivity index (χ1n) is 6.72. The second-order valence-corrected chi connectivity index (χ2v) is 7.96. The summed E-state index contributed by atoms with van der Waals surface area (Å²) < 4.78 is 36.8. The zero-order valence-corrected chi connectivity index (χ0v) is 14.3. The standard InChI is InChI=1S/C10H17N3O9P2/c1-6-4-13(10(14)12-9(6)11)8-3-2-7(21-8)5-20-24(18,19)22-23(15,16)17/h4,7-8H,2-3,5H2,1H3,(H,18,19)(H2,11,12,14)(H2,15,16,17)/t7-,8+/m0/s1. The van der Waals surface area contributed by atoms with E-state index in [0.29, 0.717) is 18.4 Å². The SMILES string of the molecule is Cc1cn([C@H]2CC[C@@H](COP(=O)(O)OP(=O)(O)O)O2)c(=O)nc1N. The summed E-state index contributed by atoms with van der Waals surface area (Å²) in [5.41, 5.74) is 5.54. The second kappa shape index (κ2) is 7.03. The van der Waals surface area contributed by atoms with Gasteiger partial charge in [0.2, 0.25) is 0 Å². The molecule has 24 heavy (non-hydrogen) atoms. The van der Waals surface area contributed by atoms with Crippen LogP contribution >= 0.6 is 15.6 Å². The number of ether oxygens (including phenoxy) is 1. The van der Waals surface area contributed by atoms with Gasteiger partial charge in [-0.05, 0) is 19.8 Å². The van der Waals surface area contributed by atoms with E-state index in [9.17, 15) is 18.8 Å². The fraction of sp³-hybridized carbons (Fsp3) is 0.600. The molecule has 0 bridgehead atoms. The van der Waals surface area contributed by atoms with Crippen LogP contribution in [0.15, 0.2) is 11.0 Å². The number of hydrogen-bond donors (Lipinski definition) is 4. The lowest BCUT2D eigenvalue weighted by molar-refractivity contribution is -0.0243. The van der Waals surface area contributed by atoms with Crippen LogP contribution in [-0.2, 0) is 22.7 Å². The van der Waals surface area contributed by atoms with Crippen molar-refractivity contribution in [2.75, 3.05) is 12.3 Å². The van der Waals surface area contributed by atoms with Crippen molar-refractivity contribution in [3.63, 3.8) is 0 Å². The van der Waals surface area contributed by atoms with E-state index < -0.39 is 40.3 Å². The van der Waals surface area contributed by atoms with Crippen LogP contribution in [0.2, 0.25) is 0 Å². The molecule has 0 radical (unpaired) electrons. The highest BCUT2D eigenvalue weighted by Gasteiger charge is 2.35. The van der Waals surface area contributed by atoms with E-state index in [-0.39, 0.29) is 5.82 Å². The van der Waals surface area contributed by atoms with Gasteiger partial charge in [0.15, 0.2) is 0 Å². The van der Waals surface area contributed by atoms with Gasteiger partial charge in [-0.25, -0.2) is 13.9 Å². The van der Waals surface area contributed by atoms with Gasteiger partial charge in [0.05, 0.1) is 12.7 Å². The zero-order chi connectivity index (χ0) is 18.1. The van der Waals surface area contributed by atoms with E-state index in [4.69, 9.17) is 20.3 Å². The largest absolute Gasteiger partial charge is 0.481 e. The molecule has 136 valence electrons. The lowest BCUT2D eigenvalue weighted by Crippen LogP contribution is -2.28. The molecule has 1 aromatic heterocycles. The van der Waals surface area contributed by atoms with Gasteiger partial charge in [-0.15, -0.1) is 0 Å². The molecule has 0 spiro atoms. The summed E-state index contributed by atoms with van der Waals surface area (Å²) in [7, 11) is -10.1. The number of anilines is 1. The third-order valence-corrected chi connectivity index (χ3v) is 5.35. The van der Waals surface area contributed by atoms with Gasteiger partial charge in [-0.1, -0.05) is 0 Å². The topological polar surface area (TPSA) is 183 Å². The molecular weight excluding hydrogens is 368 g/mol. The summed E-state index contributed by atoms with van der Waals surface area (Å²) in [6.45, 7) is 1.23. The molecule has 2 rings (SSSR count). The van der Waals surface area contributed by atoms with Gasteiger partial charge in [0.25, 0.3) is 0 Å². The third kappa shape index (κ3) is 5.20. The maximum absolute atomic E-state index is 11.8. The van der Waals surface area contributed by atoms with Gasteiger partial charge >= 0.3 is 21.3 Å². The maximum atomic E-state index is 11.8. The molecule has 2 heterocycles. The lowest BCUT2D eigenvalue weighted by atomic mass is 10.2. The van der Waals surface area contributed by atoms with Crippen molar-refractivity contribution < 1.29 is 37.4 Å². The number of aromatic nitrogens is 2. The lowest BCUT2D eigenvalue weighted by Gasteiger charge is -2.18. The van der Waals surface area contributed by atoms with Gasteiger partial charge in [-0.2, -0.15) is 9.29 Å². The first-order valence-corrected chi connectivity index (χ1v) is 9.74. The number of aryl methyl sites for hydroxylation is 1. The van der Waals surface area contributed by atoms with Crippen LogP contribution in [0.1, 0.15) is 24.6 Å². The Morgan fingerprint density at radius 1 is 1.42 bits per heavy atom. The molecular formula is C10H17N3O9P2. The molecule has 1 unspecified atom stereocenters. The molecule has 1 fully saturated rings. The molecule has 1 aromatic rings. The summed E-state index contributed by atoms with van der Waals surface area (Å²) in [6, 6.07) is 0. The van der Waals surface area contributed by atoms with Crippen LogP contribution < -0.4 is 11.4 Å². The van der Waals surface area contributed by atoms with Crippen LogP contribution in [0, 0.1) is 6.92 Å². The minimum Gasteiger partial charge on any atom is -0.383 e. The van der Waals surface area contributed by atoms with Crippen molar-refractivity contribution in [3.05, 3.63) is 22.2 Å². The number of rotatable bonds is 6. The highest BCUT2D eigenvalue weighted by Crippen LogP contribution is 2.57. The van der Waals surface area contributed by atoms with Crippen LogP contribution in [-0.4, -0.2) is 36.9 Å². The van der Waals surface area contributed by atoms with Crippen LogP contribution in [0.3, 0.4) is 0 Å². The number of phosphoric ester groups is 1. The smallest absolute Gasteiger partial charge is 0.383 e. The predicted octanol–water partition coefficient (Wildman–Crippen LogP) is 0.0378. The minimum atomic E-state index is -5.17. The zero-order valence-electron chi connectivity index (χ0n) is 12.5. The fourth-order valence-electron chi connectivity index (χ4n) is 2.13. The minimum absolute atomic E-state index is 0.116. The van der Waals surface area contributed by atoms with E-state index in [1.165, 1.54) is 10.8 Å². The monoisotopic (exact) mass is 385 g/mol. The van der Waals surface area contributed by atoms with Crippen molar-refractivity contribution >= 4 is 21.5 Å². The average Bonchev–Trinajstić information content (AvgIpc) is 2.87. The molecule has 0 aliphatic carbocycles. The Labute approximate surface area is 136 Å². The average molecular weight is 385 g/mol. The quantitative estimate of drug-likeness (QED) is 0.485. The molecule has 1 saturated heterocycles. The van der Waals surface area contributed by atoms with Crippen molar-refractivity contribution in [2.24, 2.45) is 0 Å². The highest BCUT2D eigenvalue weighted by molar-refractivity contribution is 7.60. The maximum Gasteiger partial charge on any atom is 0.481 e.